The molecular formula is C60H56N4S6. The quantitative estimate of drug-likeness (QED) is 0.144. The van der Waals surface area contributed by atoms with Gasteiger partial charge in [0.2, 0.25) is 0 Å². The van der Waals surface area contributed by atoms with E-state index in [1.54, 1.807) is 0 Å². The van der Waals surface area contributed by atoms with Crippen LogP contribution in [0, 0.1) is 79.1 Å². The molecule has 0 unspecified atom stereocenters. The van der Waals surface area contributed by atoms with Crippen molar-refractivity contribution in [2.75, 3.05) is 0 Å². The Hall–Kier alpha value is -5.20. The van der Waals surface area contributed by atoms with Gasteiger partial charge in [-0.2, -0.15) is 0 Å². The third-order valence-electron chi connectivity index (χ3n) is 14.5. The smallest absolute Gasteiger partial charge is 0.0587 e. The molecule has 0 radical (unpaired) electrons. The van der Waals surface area contributed by atoms with E-state index in [0.29, 0.717) is 0 Å². The molecule has 24 bridgehead atoms. The highest BCUT2D eigenvalue weighted by atomic mass is 32.1. The first-order valence-corrected chi connectivity index (χ1v) is 30.3. The molecule has 10 heteroatoms. The average molecular weight is 1030 g/mol. The molecule has 4 nitrogen and oxygen atoms in total. The fourth-order valence-electron chi connectivity index (χ4n) is 10.9. The summed E-state index contributed by atoms with van der Waals surface area (Å²) in [7, 11) is 0. The Morgan fingerprint density at radius 1 is 0.200 bits per heavy atom. The summed E-state index contributed by atoms with van der Waals surface area (Å²) in [6, 6.07) is 47.2. The first-order chi connectivity index (χ1) is 34.7. The molecule has 0 aromatic carbocycles. The monoisotopic (exact) mass is 1020 g/mol. The summed E-state index contributed by atoms with van der Waals surface area (Å²) in [5, 5.41) is 10.7. The van der Waals surface area contributed by atoms with Crippen LogP contribution < -0.4 is 18.1 Å². The van der Waals surface area contributed by atoms with Crippen molar-refractivity contribution in [3.8, 4) is 0 Å². The minimum absolute atomic E-state index is 1.04. The van der Waals surface area contributed by atoms with Gasteiger partial charge < -0.3 is 18.3 Å². The van der Waals surface area contributed by atoms with Crippen LogP contribution in [0.3, 0.4) is 0 Å². The molecule has 0 aliphatic carbocycles. The Labute approximate surface area is 428 Å². The second-order valence-electron chi connectivity index (χ2n) is 19.1. The van der Waals surface area contributed by atoms with Gasteiger partial charge in [-0.15, -0.1) is 68.0 Å². The molecule has 13 heterocycles. The van der Waals surface area contributed by atoms with Crippen LogP contribution in [0.2, 0.25) is 0 Å². The normalized spacial score (nSPS) is 19.1. The molecular weight excluding hydrogens is 969 g/mol. The molecule has 10 aromatic heterocycles. The molecule has 10 aromatic rings. The first kappa shape index (κ1) is 44.7. The highest BCUT2D eigenvalue weighted by molar-refractivity contribution is 7.09. The number of hydrogen-bond acceptors (Lipinski definition) is 6. The van der Waals surface area contributed by atoms with Gasteiger partial charge in [-0.3, -0.25) is 0 Å². The van der Waals surface area contributed by atoms with E-state index in [9.17, 15) is 0 Å². The van der Waals surface area contributed by atoms with E-state index >= 15 is 0 Å². The van der Waals surface area contributed by atoms with Crippen molar-refractivity contribution >= 4 is 92.3 Å². The van der Waals surface area contributed by atoms with Crippen molar-refractivity contribution in [1.29, 1.82) is 0 Å². The number of hydrogen-bond donors (Lipinski definition) is 0. The molecule has 70 heavy (non-hydrogen) atoms. The number of nitrogens with zero attached hydrogens (tertiary/aromatic N) is 4. The lowest BCUT2D eigenvalue weighted by molar-refractivity contribution is 0.523. The molecule has 3 aliphatic rings. The zero-order valence-corrected chi connectivity index (χ0v) is 44.3. The first-order valence-electron chi connectivity index (χ1n) is 25.4. The highest BCUT2D eigenvalue weighted by Crippen LogP contribution is 2.20. The standard InChI is InChI=1S/C60H56N4S6/c1-2-6-10-38-62-46-22-26-50(62)58-34-33-57(69-58)49-25-21-45(61(49)37-9-5-1)53-29-17-41(65-53)13-14-43-19-31-55(67-43)47-23-27-51-59-35-36-60(70-59)52-28-24-48(64(52)40-12-8-4-3-7-11-39-63(47)51)56-32-20-44(68-56)16-15-42-18-30-54(46)66-42/h13-36H,1-12,37-40H2/b14-13?,16-15?,41-13?,42-15?,43-14?,44-16?,53-45+,54-46+,55-47+,56-48?,57-49+,58-50+,59-51-,60-52-. The van der Waals surface area contributed by atoms with E-state index in [2.05, 4.69) is 164 Å². The maximum atomic E-state index is 2.62. The lowest BCUT2D eigenvalue weighted by Gasteiger charge is -2.07. The van der Waals surface area contributed by atoms with E-state index in [4.69, 9.17) is 0 Å². The van der Waals surface area contributed by atoms with Crippen molar-refractivity contribution < 1.29 is 0 Å². The van der Waals surface area contributed by atoms with Crippen LogP contribution in [0.5, 0.6) is 0 Å². The second kappa shape index (κ2) is 19.8. The van der Waals surface area contributed by atoms with Crippen LogP contribution in [-0.4, -0.2) is 18.3 Å². The molecule has 0 atom stereocenters. The van der Waals surface area contributed by atoms with Gasteiger partial charge in [0.1, 0.15) is 0 Å². The fraction of sp³-hybridized carbons (Fsp3) is 0.267. The average Bonchev–Trinajstić information content (AvgIpc) is 4.21. The summed E-state index contributed by atoms with van der Waals surface area (Å²) in [6.07, 6.45) is 24.4. The summed E-state index contributed by atoms with van der Waals surface area (Å²) in [6.45, 7) is 4.17. The molecule has 0 N–H and O–H groups in total. The van der Waals surface area contributed by atoms with Crippen LogP contribution in [0.25, 0.3) is 24.3 Å². The van der Waals surface area contributed by atoms with Gasteiger partial charge in [-0.25, -0.2) is 0 Å². The minimum atomic E-state index is 1.04. The molecule has 0 amide bonds. The summed E-state index contributed by atoms with van der Waals surface area (Å²) in [5.74, 6) is 0. The van der Waals surface area contributed by atoms with Crippen molar-refractivity contribution in [3.05, 3.63) is 219 Å². The fourth-order valence-corrected chi connectivity index (χ4v) is 16.9. The lowest BCUT2D eigenvalue weighted by atomic mass is 10.1. The SMILES string of the molecule is C1=c2ccc(s2)=c2cc/c3n2CCCCCCCCn2/c(cc/c2=c2/ccc(s2)=CC=c2cc/c(s2)=c2/cc/c4n2CCCCCCCCn2/c(cc/c2=c2/cc\c=4s2)=c2\ccc(s2)=C1)=c1/cc/c=3s1. The summed E-state index contributed by atoms with van der Waals surface area (Å²) in [5.41, 5.74) is 0. The van der Waals surface area contributed by atoms with Gasteiger partial charge in [-0.1, -0.05) is 51.4 Å². The number of aromatic nitrogens is 4. The Morgan fingerprint density at radius 2 is 0.386 bits per heavy atom. The van der Waals surface area contributed by atoms with Crippen molar-refractivity contribution in [1.82, 2.24) is 18.3 Å². The largest absolute Gasteiger partial charge is 0.339 e. The molecule has 352 valence electrons. The lowest BCUT2D eigenvalue weighted by Crippen LogP contribution is -2.01. The predicted octanol–water partition coefficient (Wildman–Crippen LogP) is 13.1. The number of rotatable bonds is 0. The van der Waals surface area contributed by atoms with Gasteiger partial charge in [0.25, 0.3) is 0 Å². The zero-order chi connectivity index (χ0) is 46.4. The van der Waals surface area contributed by atoms with E-state index in [-0.39, 0.29) is 0 Å². The van der Waals surface area contributed by atoms with E-state index in [1.807, 2.05) is 68.0 Å². The topological polar surface area (TPSA) is 19.7 Å². The third kappa shape index (κ3) is 8.83. The maximum absolute atomic E-state index is 2.62. The summed E-state index contributed by atoms with van der Waals surface area (Å²) >= 11 is 11.5. The molecule has 0 saturated heterocycles. The highest BCUT2D eigenvalue weighted by Gasteiger charge is 2.09. The van der Waals surface area contributed by atoms with Gasteiger partial charge in [-0.05, 0) is 171 Å². The van der Waals surface area contributed by atoms with Gasteiger partial charge >= 0.3 is 0 Å². The molecule has 13 rings (SSSR count). The second-order valence-corrected chi connectivity index (χ2v) is 25.7. The molecule has 0 fully saturated rings. The van der Waals surface area contributed by atoms with E-state index < -0.39 is 0 Å². The van der Waals surface area contributed by atoms with Crippen LogP contribution in [-0.2, 0) is 26.2 Å². The van der Waals surface area contributed by atoms with Gasteiger partial charge in [0.05, 0.1) is 79.1 Å². The van der Waals surface area contributed by atoms with Crippen LogP contribution in [0.1, 0.15) is 77.0 Å². The summed E-state index contributed by atoms with van der Waals surface area (Å²) in [4.78, 5) is 0. The molecule has 3 aliphatic heterocycles. The van der Waals surface area contributed by atoms with Crippen LogP contribution >= 0.6 is 68.0 Å². The molecule has 0 saturated carbocycles. The van der Waals surface area contributed by atoms with Gasteiger partial charge in [0.15, 0.2) is 0 Å². The van der Waals surface area contributed by atoms with Crippen molar-refractivity contribution in [2.24, 2.45) is 0 Å². The van der Waals surface area contributed by atoms with Crippen molar-refractivity contribution in [3.63, 3.8) is 0 Å². The Kier molecular flexibility index (Phi) is 12.6. The third-order valence-corrected chi connectivity index (χ3v) is 21.1. The minimum Gasteiger partial charge on any atom is -0.339 e. The Bertz CT molecular complexity index is 4070. The zero-order valence-electron chi connectivity index (χ0n) is 39.4. The Morgan fingerprint density at radius 3 is 0.614 bits per heavy atom. The Balaban J connectivity index is 1.09. The van der Waals surface area contributed by atoms with Gasteiger partial charge in [0, 0.05) is 44.3 Å². The molecule has 0 spiro atoms. The predicted molar refractivity (Wildman–Crippen MR) is 297 cm³/mol. The summed E-state index contributed by atoms with van der Waals surface area (Å²) < 4.78 is 26.4. The maximum Gasteiger partial charge on any atom is 0.0587 e. The van der Waals surface area contributed by atoms with Crippen LogP contribution in [0.4, 0.5) is 0 Å². The van der Waals surface area contributed by atoms with Crippen molar-refractivity contribution in [2.45, 2.75) is 103 Å². The van der Waals surface area contributed by atoms with Crippen LogP contribution in [0.15, 0.2) is 121 Å². The number of fused-ring (bicyclic) bond motifs is 8. The van der Waals surface area contributed by atoms with E-state index in [0.717, 1.165) is 26.2 Å². The number of thiophene rings is 6. The van der Waals surface area contributed by atoms with E-state index in [1.165, 1.54) is 174 Å².